The molecule has 0 N–H and O–H groups in total. The van der Waals surface area contributed by atoms with Gasteiger partial charge in [-0.15, -0.1) is 0 Å². The summed E-state index contributed by atoms with van der Waals surface area (Å²) in [6.07, 6.45) is 1.27. The summed E-state index contributed by atoms with van der Waals surface area (Å²) in [7, 11) is 0. The van der Waals surface area contributed by atoms with E-state index in [4.69, 9.17) is 9.47 Å². The third-order valence-electron chi connectivity index (χ3n) is 2.50. The van der Waals surface area contributed by atoms with Crippen LogP contribution in [-0.2, 0) is 4.74 Å². The van der Waals surface area contributed by atoms with Gasteiger partial charge in [0, 0.05) is 6.20 Å². The monoisotopic (exact) mass is 250 g/mol. The molecule has 1 unspecified atom stereocenters. The second-order valence-electron chi connectivity index (χ2n) is 5.34. The van der Waals surface area contributed by atoms with Crippen LogP contribution in [0.1, 0.15) is 27.7 Å². The lowest BCUT2D eigenvalue weighted by atomic mass is 10.2. The predicted octanol–water partition coefficient (Wildman–Crippen LogP) is 2.60. The van der Waals surface area contributed by atoms with Crippen LogP contribution in [0.15, 0.2) is 18.3 Å². The van der Waals surface area contributed by atoms with Crippen molar-refractivity contribution in [2.45, 2.75) is 39.3 Å². The zero-order valence-electron chi connectivity index (χ0n) is 11.1. The molecular formula is C13H18N2O3. The zero-order chi connectivity index (χ0) is 13.3. The summed E-state index contributed by atoms with van der Waals surface area (Å²) in [6, 6.07) is 3.51. The van der Waals surface area contributed by atoms with Gasteiger partial charge in [0.25, 0.3) is 0 Å². The number of rotatable bonds is 0. The second-order valence-corrected chi connectivity index (χ2v) is 5.34. The minimum Gasteiger partial charge on any atom is -0.474 e. The fourth-order valence-electron chi connectivity index (χ4n) is 1.78. The van der Waals surface area contributed by atoms with Gasteiger partial charge in [0.15, 0.2) is 0 Å². The van der Waals surface area contributed by atoms with Gasteiger partial charge in [-0.2, -0.15) is 0 Å². The Labute approximate surface area is 107 Å². The van der Waals surface area contributed by atoms with Gasteiger partial charge in [0.1, 0.15) is 17.9 Å². The lowest BCUT2D eigenvalue weighted by Gasteiger charge is -2.35. The second kappa shape index (κ2) is 4.48. The number of pyridine rings is 1. The topological polar surface area (TPSA) is 51.7 Å². The maximum Gasteiger partial charge on any atom is 0.415 e. The van der Waals surface area contributed by atoms with E-state index < -0.39 is 5.60 Å². The number of hydrogen-bond donors (Lipinski definition) is 0. The smallest absolute Gasteiger partial charge is 0.415 e. The molecule has 2 rings (SSSR count). The van der Waals surface area contributed by atoms with Gasteiger partial charge in [-0.25, -0.2) is 9.78 Å². The largest absolute Gasteiger partial charge is 0.474 e. The molecule has 0 fully saturated rings. The summed E-state index contributed by atoms with van der Waals surface area (Å²) in [5.41, 5.74) is 0.141. The minimum absolute atomic E-state index is 0.0726. The Balaban J connectivity index is 2.29. The fourth-order valence-corrected chi connectivity index (χ4v) is 1.78. The highest BCUT2D eigenvalue weighted by Crippen LogP contribution is 2.32. The maximum absolute atomic E-state index is 12.2. The highest BCUT2D eigenvalue weighted by atomic mass is 16.6. The van der Waals surface area contributed by atoms with Crippen LogP contribution in [0.4, 0.5) is 10.5 Å². The van der Waals surface area contributed by atoms with Crippen molar-refractivity contribution in [1.82, 2.24) is 4.98 Å². The molecule has 5 heteroatoms. The Morgan fingerprint density at radius 2 is 2.28 bits per heavy atom. The van der Waals surface area contributed by atoms with Gasteiger partial charge in [0.2, 0.25) is 5.88 Å². The first-order valence-electron chi connectivity index (χ1n) is 5.98. The number of carbonyl (C=O) groups is 1. The van der Waals surface area contributed by atoms with Gasteiger partial charge in [0.05, 0.1) is 6.04 Å². The molecule has 1 aliphatic heterocycles. The van der Waals surface area contributed by atoms with E-state index in [1.807, 2.05) is 33.8 Å². The molecule has 5 nitrogen and oxygen atoms in total. The number of fused-ring (bicyclic) bond motifs is 1. The molecular weight excluding hydrogens is 232 g/mol. The van der Waals surface area contributed by atoms with E-state index in [9.17, 15) is 4.79 Å². The molecule has 0 aliphatic carbocycles. The summed E-state index contributed by atoms with van der Waals surface area (Å²) < 4.78 is 10.9. The third-order valence-corrected chi connectivity index (χ3v) is 2.50. The summed E-state index contributed by atoms with van der Waals surface area (Å²) in [6.45, 7) is 7.88. The minimum atomic E-state index is -0.516. The highest BCUT2D eigenvalue weighted by molar-refractivity contribution is 5.90. The molecule has 1 atom stereocenters. The van der Waals surface area contributed by atoms with Crippen molar-refractivity contribution in [1.29, 1.82) is 0 Å². The number of amides is 1. The van der Waals surface area contributed by atoms with E-state index in [0.717, 1.165) is 0 Å². The van der Waals surface area contributed by atoms with Gasteiger partial charge in [-0.1, -0.05) is 0 Å². The first kappa shape index (κ1) is 12.7. The molecule has 0 saturated heterocycles. The lowest BCUT2D eigenvalue weighted by molar-refractivity contribution is 0.0546. The van der Waals surface area contributed by atoms with E-state index >= 15 is 0 Å². The molecule has 0 aromatic carbocycles. The van der Waals surface area contributed by atoms with E-state index in [1.54, 1.807) is 17.2 Å². The number of ether oxygens (including phenoxy) is 2. The Morgan fingerprint density at radius 3 is 2.94 bits per heavy atom. The summed E-state index contributed by atoms with van der Waals surface area (Å²) in [5, 5.41) is 0. The molecule has 1 amide bonds. The molecule has 0 spiro atoms. The molecule has 0 bridgehead atoms. The molecule has 18 heavy (non-hydrogen) atoms. The van der Waals surface area contributed by atoms with Crippen molar-refractivity contribution in [3.05, 3.63) is 18.3 Å². The Bertz CT molecular complexity index is 454. The number of carbonyl (C=O) groups excluding carboxylic acids is 1. The van der Waals surface area contributed by atoms with E-state index in [0.29, 0.717) is 18.2 Å². The number of nitrogens with zero attached hydrogens (tertiary/aromatic N) is 2. The Kier molecular flexibility index (Phi) is 3.15. The average Bonchev–Trinajstić information content (AvgIpc) is 2.26. The number of anilines is 1. The van der Waals surface area contributed by atoms with Crippen molar-refractivity contribution in [2.75, 3.05) is 11.5 Å². The van der Waals surface area contributed by atoms with Crippen molar-refractivity contribution in [3.8, 4) is 5.88 Å². The van der Waals surface area contributed by atoms with E-state index in [-0.39, 0.29) is 12.1 Å². The molecule has 2 heterocycles. The van der Waals surface area contributed by atoms with Crippen LogP contribution in [0, 0.1) is 0 Å². The Hall–Kier alpha value is -1.78. The SMILES string of the molecule is CC1COc2ncccc2N1C(=O)OC(C)(C)C. The van der Waals surface area contributed by atoms with Gasteiger partial charge < -0.3 is 9.47 Å². The van der Waals surface area contributed by atoms with Crippen molar-refractivity contribution >= 4 is 11.8 Å². The molecule has 1 aliphatic rings. The van der Waals surface area contributed by atoms with E-state index in [1.165, 1.54) is 0 Å². The molecule has 98 valence electrons. The van der Waals surface area contributed by atoms with Crippen LogP contribution >= 0.6 is 0 Å². The van der Waals surface area contributed by atoms with Crippen LogP contribution in [-0.4, -0.2) is 29.3 Å². The van der Waals surface area contributed by atoms with Crippen LogP contribution < -0.4 is 9.64 Å². The summed E-state index contributed by atoms with van der Waals surface area (Å²) >= 11 is 0. The van der Waals surface area contributed by atoms with Crippen LogP contribution in [0.3, 0.4) is 0 Å². The van der Waals surface area contributed by atoms with E-state index in [2.05, 4.69) is 4.98 Å². The van der Waals surface area contributed by atoms with Gasteiger partial charge >= 0.3 is 6.09 Å². The third kappa shape index (κ3) is 2.55. The molecule has 1 aromatic heterocycles. The van der Waals surface area contributed by atoms with Crippen molar-refractivity contribution in [3.63, 3.8) is 0 Å². The summed E-state index contributed by atoms with van der Waals surface area (Å²) in [5.74, 6) is 0.474. The number of aromatic nitrogens is 1. The van der Waals surface area contributed by atoms with Crippen LogP contribution in [0.25, 0.3) is 0 Å². The number of hydrogen-bond acceptors (Lipinski definition) is 4. The van der Waals surface area contributed by atoms with Crippen molar-refractivity contribution in [2.24, 2.45) is 0 Å². The standard InChI is InChI=1S/C13H18N2O3/c1-9-8-17-11-10(6-5-7-14-11)15(9)12(16)18-13(2,3)4/h5-7,9H,8H2,1-4H3. The molecule has 1 aromatic rings. The van der Waals surface area contributed by atoms with Crippen molar-refractivity contribution < 1.29 is 14.3 Å². The Morgan fingerprint density at radius 1 is 1.56 bits per heavy atom. The summed E-state index contributed by atoms with van der Waals surface area (Å²) in [4.78, 5) is 17.9. The molecule has 0 saturated carbocycles. The normalized spacial score (nSPS) is 18.9. The predicted molar refractivity (Wildman–Crippen MR) is 67.9 cm³/mol. The lowest BCUT2D eigenvalue weighted by Crippen LogP contribution is -2.47. The molecule has 0 radical (unpaired) electrons. The fraction of sp³-hybridized carbons (Fsp3) is 0.538. The van der Waals surface area contributed by atoms with Crippen LogP contribution in [0.2, 0.25) is 0 Å². The highest BCUT2D eigenvalue weighted by Gasteiger charge is 2.33. The maximum atomic E-state index is 12.2. The van der Waals surface area contributed by atoms with Gasteiger partial charge in [-0.3, -0.25) is 4.90 Å². The van der Waals surface area contributed by atoms with Crippen LogP contribution in [0.5, 0.6) is 5.88 Å². The zero-order valence-corrected chi connectivity index (χ0v) is 11.1. The average molecular weight is 250 g/mol. The van der Waals surface area contributed by atoms with Gasteiger partial charge in [-0.05, 0) is 39.8 Å². The quantitative estimate of drug-likeness (QED) is 0.710. The first-order valence-corrected chi connectivity index (χ1v) is 5.98. The first-order chi connectivity index (χ1) is 8.38.